The summed E-state index contributed by atoms with van der Waals surface area (Å²) in [7, 11) is -4.88. The Kier molecular flexibility index (Phi) is 13.7. The molecule has 9 rings (SSSR count). The molecule has 6 aliphatic rings. The second-order valence-electron chi connectivity index (χ2n) is 20.3. The Morgan fingerprint density at radius 1 is 0.620 bits per heavy atom. The van der Waals surface area contributed by atoms with Gasteiger partial charge >= 0.3 is 7.82 Å². The van der Waals surface area contributed by atoms with Crippen LogP contribution in [-0.2, 0) is 42.0 Å². The molecular weight excluding hydrogens is 932 g/mol. The third kappa shape index (κ3) is 9.72. The van der Waals surface area contributed by atoms with Crippen molar-refractivity contribution in [3.05, 3.63) is 99.7 Å². The van der Waals surface area contributed by atoms with Crippen molar-refractivity contribution >= 4 is 36.9 Å². The summed E-state index contributed by atoms with van der Waals surface area (Å²) in [5, 5.41) is 9.96. The molecule has 374 valence electrons. The van der Waals surface area contributed by atoms with Crippen molar-refractivity contribution in [2.75, 3.05) is 46.1 Å². The van der Waals surface area contributed by atoms with Crippen LogP contribution < -0.4 is 14.2 Å². The van der Waals surface area contributed by atoms with E-state index in [-0.39, 0.29) is 57.0 Å². The third-order valence-electron chi connectivity index (χ3n) is 14.2. The largest absolute Gasteiger partial charge is 0.485 e. The van der Waals surface area contributed by atoms with Gasteiger partial charge in [0.1, 0.15) is 52.4 Å². The van der Waals surface area contributed by atoms with Gasteiger partial charge in [-0.2, -0.15) is 5.26 Å². The summed E-state index contributed by atoms with van der Waals surface area (Å²) in [4.78, 5) is 52.9. The van der Waals surface area contributed by atoms with Crippen LogP contribution in [0.2, 0.25) is 0 Å². The molecule has 3 fully saturated rings. The van der Waals surface area contributed by atoms with E-state index in [4.69, 9.17) is 50.4 Å². The zero-order valence-electron chi connectivity index (χ0n) is 40.9. The van der Waals surface area contributed by atoms with E-state index in [0.717, 1.165) is 0 Å². The first kappa shape index (κ1) is 49.9. The highest BCUT2D eigenvalue weighted by Crippen LogP contribution is 2.61. The molecule has 3 aromatic carbocycles. The number of carbonyl (C=O) groups is 3. The van der Waals surface area contributed by atoms with Crippen molar-refractivity contribution in [2.24, 2.45) is 0 Å². The topological polar surface area (TPSA) is 184 Å². The van der Waals surface area contributed by atoms with E-state index in [1.807, 2.05) is 18.7 Å². The smallest absolute Gasteiger partial charge is 0.475 e. The van der Waals surface area contributed by atoms with E-state index < -0.39 is 61.1 Å². The third-order valence-corrected chi connectivity index (χ3v) is 15.7. The molecule has 3 amide bonds. The van der Waals surface area contributed by atoms with Crippen LogP contribution in [0.4, 0.5) is 11.4 Å². The maximum absolute atomic E-state index is 16.0. The molecule has 18 nitrogen and oxygen atoms in total. The van der Waals surface area contributed by atoms with Crippen molar-refractivity contribution in [2.45, 2.75) is 133 Å². The Balaban J connectivity index is 0.995. The van der Waals surface area contributed by atoms with Gasteiger partial charge in [0.05, 0.1) is 69.3 Å². The van der Waals surface area contributed by atoms with Gasteiger partial charge < -0.3 is 38.4 Å². The van der Waals surface area contributed by atoms with Gasteiger partial charge in [-0.25, -0.2) is 14.3 Å². The number of amides is 3. The van der Waals surface area contributed by atoms with Crippen molar-refractivity contribution in [1.29, 1.82) is 5.26 Å². The average molecular weight is 991 g/mol. The maximum Gasteiger partial charge on any atom is 0.475 e. The zero-order valence-corrected chi connectivity index (χ0v) is 41.8. The molecule has 0 aliphatic carbocycles. The van der Waals surface area contributed by atoms with Crippen molar-refractivity contribution in [1.82, 2.24) is 14.7 Å². The van der Waals surface area contributed by atoms with Crippen molar-refractivity contribution in [3.63, 3.8) is 0 Å². The number of nitriles is 1. The number of phosphoric ester groups is 1. The fraction of sp³-hybridized carbons (Fsp3) is 0.538. The molecule has 0 spiro atoms. The van der Waals surface area contributed by atoms with Gasteiger partial charge in [0, 0.05) is 55.6 Å². The Morgan fingerprint density at radius 2 is 1.03 bits per heavy atom. The van der Waals surface area contributed by atoms with Crippen LogP contribution in [0.5, 0.6) is 17.2 Å². The number of hydrogen-bond acceptors (Lipinski definition) is 13. The summed E-state index contributed by atoms with van der Waals surface area (Å²) in [6.07, 6.45) is -0.165. The molecule has 6 heterocycles. The summed E-state index contributed by atoms with van der Waals surface area (Å²) in [5.74, 6) is 1.17. The lowest BCUT2D eigenvalue weighted by Crippen LogP contribution is -2.56. The molecular formula is C52H59N6O12P. The van der Waals surface area contributed by atoms with Crippen LogP contribution in [0.1, 0.15) is 120 Å². The van der Waals surface area contributed by atoms with E-state index in [1.165, 1.54) is 0 Å². The predicted molar refractivity (Wildman–Crippen MR) is 256 cm³/mol. The molecule has 0 saturated carbocycles. The molecule has 0 N–H and O–H groups in total. The first-order chi connectivity index (χ1) is 33.9. The number of ether oxygens (including phenoxy) is 5. The van der Waals surface area contributed by atoms with Gasteiger partial charge in [0.15, 0.2) is 11.4 Å². The molecule has 0 aromatic heterocycles. The highest BCUT2D eigenvalue weighted by Gasteiger charge is 2.57. The van der Waals surface area contributed by atoms with Crippen LogP contribution >= 0.6 is 7.82 Å². The highest BCUT2D eigenvalue weighted by atomic mass is 31.2. The van der Waals surface area contributed by atoms with E-state index in [2.05, 4.69) is 15.8 Å². The van der Waals surface area contributed by atoms with Gasteiger partial charge in [0.25, 0.3) is 0 Å². The molecule has 6 aliphatic heterocycles. The minimum Gasteiger partial charge on any atom is -0.485 e. The molecule has 3 saturated heterocycles. The predicted octanol–water partition coefficient (Wildman–Crippen LogP) is 8.86. The van der Waals surface area contributed by atoms with Crippen molar-refractivity contribution < 1.29 is 56.2 Å². The van der Waals surface area contributed by atoms with Gasteiger partial charge in [0.2, 0.25) is 17.7 Å². The van der Waals surface area contributed by atoms with E-state index in [0.29, 0.717) is 96.2 Å². The fourth-order valence-electron chi connectivity index (χ4n) is 10.9. The van der Waals surface area contributed by atoms with Crippen LogP contribution in [0.15, 0.2) is 54.6 Å². The van der Waals surface area contributed by atoms with Crippen LogP contribution in [-0.4, -0.2) is 114 Å². The lowest BCUT2D eigenvalue weighted by atomic mass is 9.85. The summed E-state index contributed by atoms with van der Waals surface area (Å²) < 4.78 is 67.9. The van der Waals surface area contributed by atoms with Crippen LogP contribution in [0.25, 0.3) is 9.69 Å². The van der Waals surface area contributed by atoms with Gasteiger partial charge in [-0.15, -0.1) is 0 Å². The van der Waals surface area contributed by atoms with Crippen LogP contribution in [0, 0.1) is 24.5 Å². The van der Waals surface area contributed by atoms with E-state index >= 15 is 4.57 Å². The fourth-order valence-corrected chi connectivity index (χ4v) is 12.7. The monoisotopic (exact) mass is 990 g/mol. The van der Waals surface area contributed by atoms with Crippen LogP contribution in [0.3, 0.4) is 0 Å². The number of hydrogen-bond donors (Lipinski definition) is 0. The Hall–Kier alpha value is -6.03. The summed E-state index contributed by atoms with van der Waals surface area (Å²) >= 11 is 0. The lowest BCUT2D eigenvalue weighted by molar-refractivity contribution is -0.151. The normalized spacial score (nSPS) is 26.7. The molecule has 71 heavy (non-hydrogen) atoms. The number of benzene rings is 3. The van der Waals surface area contributed by atoms with Gasteiger partial charge in [-0.05, 0) is 103 Å². The minimum absolute atomic E-state index is 0.000701. The lowest BCUT2D eigenvalue weighted by Gasteiger charge is -2.50. The number of rotatable bonds is 15. The summed E-state index contributed by atoms with van der Waals surface area (Å²) in [5.41, 5.74) is -0.628. The van der Waals surface area contributed by atoms with E-state index in [9.17, 15) is 19.6 Å². The molecule has 3 aromatic rings. The second kappa shape index (κ2) is 19.5. The molecule has 0 radical (unpaired) electrons. The SMILES string of the molecule is [C-]#[N+]c1ccc2c(c1)[C@@H](N1CCCC1=O)[C@H](OCCOCCOP(=O)(O[C@H]1[C@H](N3CCCC3=O)c3cc(C#N)ccc3OC1(C)C)O[C@H]1[C@H](N3CCCC3=O)c3cc([N+]#[C-])ccc3OC1(C)C)C(C)(C)O2. The molecule has 7 atom stereocenters. The first-order valence-electron chi connectivity index (χ1n) is 24.2. The Bertz CT molecular complexity index is 2660. The molecule has 0 bridgehead atoms. The number of fused-ring (bicyclic) bond motifs is 3. The highest BCUT2D eigenvalue weighted by molar-refractivity contribution is 7.48. The average Bonchev–Trinajstić information content (AvgIpc) is 4.08. The van der Waals surface area contributed by atoms with Gasteiger partial charge in [-0.1, -0.05) is 12.1 Å². The number of nitrogens with zero attached hydrogens (tertiary/aromatic N) is 6. The number of carbonyl (C=O) groups excluding carboxylic acids is 3. The molecule has 19 heteroatoms. The first-order valence-corrected chi connectivity index (χ1v) is 25.7. The number of likely N-dealkylation sites (tertiary alicyclic amines) is 3. The molecule has 1 unspecified atom stereocenters. The van der Waals surface area contributed by atoms with Gasteiger partial charge in [-0.3, -0.25) is 28.0 Å². The summed E-state index contributed by atoms with van der Waals surface area (Å²) in [6.45, 7) is 27.2. The zero-order chi connectivity index (χ0) is 50.5. The quantitative estimate of drug-likeness (QED) is 0.0800. The standard InChI is InChI=1S/C52H59N6O12P/c1-50(2)47(44(56-21-9-12-41(56)59)36-29-33(54-7)16-19-39(36)66-50)64-26-24-63-25-27-65-71(62,69-48-45(57-22-10-13-42(57)60)35-28-32(31-53)15-18-38(35)67-51(48,3)4)70-49-46(58-23-11-14-43(58)61)37-30-34(55-8)17-20-40(37)68-52(49,5)6/h15-20,28-30,44-49H,9-14,21-27H2,1-6H3/t44-,45-,46-,47+,48+,49+,71?/m1/s1. The van der Waals surface area contributed by atoms with E-state index in [1.54, 1.807) is 92.1 Å². The van der Waals surface area contributed by atoms with Crippen molar-refractivity contribution in [3.8, 4) is 23.3 Å². The Labute approximate surface area is 414 Å². The second-order valence-corrected chi connectivity index (χ2v) is 21.9. The maximum atomic E-state index is 16.0. The number of phosphoric acid groups is 1. The Morgan fingerprint density at radius 3 is 1.45 bits per heavy atom. The summed E-state index contributed by atoms with van der Waals surface area (Å²) in [6, 6.07) is 15.0. The minimum atomic E-state index is -4.88.